The molecular formula is C12H16O6S. The fourth-order valence-electron chi connectivity index (χ4n) is 1.59. The molecule has 0 saturated carbocycles. The normalized spacial score (nSPS) is 13.3. The summed E-state index contributed by atoms with van der Waals surface area (Å²) in [6.07, 6.45) is -0.285. The maximum absolute atomic E-state index is 11.2. The van der Waals surface area contributed by atoms with Crippen LogP contribution in [0.1, 0.15) is 19.4 Å². The average molecular weight is 288 g/mol. The van der Waals surface area contributed by atoms with E-state index in [1.54, 1.807) is 26.0 Å². The van der Waals surface area contributed by atoms with E-state index < -0.39 is 27.4 Å². The zero-order valence-corrected chi connectivity index (χ0v) is 11.4. The molecule has 0 fully saturated rings. The fraction of sp³-hybridized carbons (Fsp3) is 0.417. The van der Waals surface area contributed by atoms with Crippen LogP contribution in [0.25, 0.3) is 0 Å². The van der Waals surface area contributed by atoms with Crippen molar-refractivity contribution in [2.45, 2.75) is 25.7 Å². The Bertz CT molecular complexity index is 549. The van der Waals surface area contributed by atoms with Gasteiger partial charge in [-0.2, -0.15) is 8.42 Å². The highest BCUT2D eigenvalue weighted by molar-refractivity contribution is 7.86. The minimum atomic E-state index is -4.38. The van der Waals surface area contributed by atoms with Crippen molar-refractivity contribution in [3.05, 3.63) is 29.8 Å². The van der Waals surface area contributed by atoms with E-state index >= 15 is 0 Å². The molecule has 0 aromatic heterocycles. The van der Waals surface area contributed by atoms with E-state index in [9.17, 15) is 13.2 Å². The fourth-order valence-corrected chi connectivity index (χ4v) is 2.51. The summed E-state index contributed by atoms with van der Waals surface area (Å²) >= 11 is 0. The van der Waals surface area contributed by atoms with Gasteiger partial charge in [-0.25, -0.2) is 0 Å². The topological polar surface area (TPSA) is 101 Å². The Morgan fingerprint density at radius 3 is 2.37 bits per heavy atom. The second-order valence-electron chi connectivity index (χ2n) is 4.42. The lowest BCUT2D eigenvalue weighted by Gasteiger charge is -2.21. The van der Waals surface area contributed by atoms with Crippen LogP contribution in [0.4, 0.5) is 0 Å². The molecule has 106 valence electrons. The first-order valence-corrected chi connectivity index (χ1v) is 7.14. The molecule has 0 aliphatic carbocycles. The zero-order chi connectivity index (χ0) is 14.6. The Kier molecular flexibility index (Phi) is 4.90. The van der Waals surface area contributed by atoms with Crippen molar-refractivity contribution < 1.29 is 27.6 Å². The molecule has 1 atom stereocenters. The minimum Gasteiger partial charge on any atom is -0.481 e. The molecule has 1 unspecified atom stereocenters. The molecule has 0 radical (unpaired) electrons. The smallest absolute Gasteiger partial charge is 0.307 e. The maximum atomic E-state index is 11.2. The Morgan fingerprint density at radius 2 is 1.89 bits per heavy atom. The third-order valence-electron chi connectivity index (χ3n) is 2.40. The first-order chi connectivity index (χ1) is 8.71. The minimum absolute atomic E-state index is 0.140. The average Bonchev–Trinajstić information content (AvgIpc) is 2.24. The Hall–Kier alpha value is -1.60. The van der Waals surface area contributed by atoms with Crippen LogP contribution >= 0.6 is 0 Å². The van der Waals surface area contributed by atoms with Crippen molar-refractivity contribution in [2.24, 2.45) is 5.92 Å². The van der Waals surface area contributed by atoms with Gasteiger partial charge in [-0.15, -0.1) is 0 Å². The van der Waals surface area contributed by atoms with Gasteiger partial charge in [0.2, 0.25) is 5.44 Å². The molecule has 19 heavy (non-hydrogen) atoms. The largest absolute Gasteiger partial charge is 0.481 e. The van der Waals surface area contributed by atoms with Crippen molar-refractivity contribution in [3.8, 4) is 5.75 Å². The number of carbonyl (C=O) groups is 1. The van der Waals surface area contributed by atoms with E-state index in [1.165, 1.54) is 12.1 Å². The van der Waals surface area contributed by atoms with E-state index in [4.69, 9.17) is 14.4 Å². The number of carboxylic acids is 1. The van der Waals surface area contributed by atoms with Crippen molar-refractivity contribution in [3.63, 3.8) is 0 Å². The van der Waals surface area contributed by atoms with Crippen LogP contribution in [0.3, 0.4) is 0 Å². The Morgan fingerprint density at radius 1 is 1.32 bits per heavy atom. The molecule has 6 nitrogen and oxygen atoms in total. The molecule has 1 aromatic carbocycles. The molecule has 0 spiro atoms. The summed E-state index contributed by atoms with van der Waals surface area (Å²) in [5, 5.41) is 8.77. The lowest BCUT2D eigenvalue weighted by Crippen LogP contribution is -2.32. The number of rotatable bonds is 6. The Balaban J connectivity index is 3.07. The zero-order valence-electron chi connectivity index (χ0n) is 10.6. The van der Waals surface area contributed by atoms with Gasteiger partial charge >= 0.3 is 16.1 Å². The Labute approximate surface area is 111 Å². The molecular weight excluding hydrogens is 272 g/mol. The molecule has 2 N–H and O–H groups in total. The van der Waals surface area contributed by atoms with Crippen molar-refractivity contribution >= 4 is 16.1 Å². The number of benzene rings is 1. The maximum Gasteiger partial charge on any atom is 0.307 e. The molecule has 0 bridgehead atoms. The van der Waals surface area contributed by atoms with Crippen LogP contribution in [-0.4, -0.2) is 29.5 Å². The van der Waals surface area contributed by atoms with Crippen LogP contribution in [0.2, 0.25) is 0 Å². The first-order valence-electron chi connectivity index (χ1n) is 5.64. The van der Waals surface area contributed by atoms with Crippen molar-refractivity contribution in [2.75, 3.05) is 0 Å². The summed E-state index contributed by atoms with van der Waals surface area (Å²) in [7, 11) is -4.38. The van der Waals surface area contributed by atoms with Gasteiger partial charge in [-0.1, -0.05) is 32.0 Å². The predicted molar refractivity (Wildman–Crippen MR) is 68.6 cm³/mol. The van der Waals surface area contributed by atoms with E-state index in [0.29, 0.717) is 5.56 Å². The van der Waals surface area contributed by atoms with Gasteiger partial charge in [0.15, 0.2) is 0 Å². The number of hydrogen-bond donors (Lipinski definition) is 2. The third-order valence-corrected chi connectivity index (χ3v) is 3.62. The van der Waals surface area contributed by atoms with E-state index in [2.05, 4.69) is 0 Å². The summed E-state index contributed by atoms with van der Waals surface area (Å²) in [5.41, 5.74) is -1.08. The molecule has 0 saturated heterocycles. The molecule has 7 heteroatoms. The first kappa shape index (κ1) is 15.5. The van der Waals surface area contributed by atoms with Crippen LogP contribution in [0, 0.1) is 5.92 Å². The standard InChI is InChI=1S/C12H16O6S/c1-8(2)12(19(15,16)17)18-10-6-4-3-5-9(10)7-11(13)14/h3-6,8,12H,7H2,1-2H3,(H,13,14)(H,15,16,17). The second-order valence-corrected chi connectivity index (χ2v) is 5.92. The van der Waals surface area contributed by atoms with Gasteiger partial charge in [0.25, 0.3) is 0 Å². The van der Waals surface area contributed by atoms with E-state index in [0.717, 1.165) is 0 Å². The van der Waals surface area contributed by atoms with Crippen molar-refractivity contribution in [1.82, 2.24) is 0 Å². The van der Waals surface area contributed by atoms with Gasteiger partial charge < -0.3 is 9.84 Å². The van der Waals surface area contributed by atoms with Gasteiger partial charge in [-0.3, -0.25) is 9.35 Å². The summed E-state index contributed by atoms with van der Waals surface area (Å²) in [6.45, 7) is 3.16. The van der Waals surface area contributed by atoms with Crippen molar-refractivity contribution in [1.29, 1.82) is 0 Å². The number of para-hydroxylation sites is 1. The summed E-state index contributed by atoms with van der Waals surface area (Å²) < 4.78 is 36.8. The highest BCUT2D eigenvalue weighted by Crippen LogP contribution is 2.23. The highest BCUT2D eigenvalue weighted by Gasteiger charge is 2.29. The monoisotopic (exact) mass is 288 g/mol. The van der Waals surface area contributed by atoms with Gasteiger partial charge in [0.1, 0.15) is 5.75 Å². The molecule has 0 heterocycles. The number of carboxylic acid groups (broad SMARTS) is 1. The van der Waals surface area contributed by atoms with Gasteiger partial charge in [0.05, 0.1) is 6.42 Å². The highest BCUT2D eigenvalue weighted by atomic mass is 32.2. The lowest BCUT2D eigenvalue weighted by molar-refractivity contribution is -0.136. The number of aliphatic carboxylic acids is 1. The summed E-state index contributed by atoms with van der Waals surface area (Å²) in [4.78, 5) is 10.7. The molecule has 0 aliphatic heterocycles. The summed E-state index contributed by atoms with van der Waals surface area (Å²) in [6, 6.07) is 6.23. The third kappa shape index (κ3) is 4.53. The number of ether oxygens (including phenoxy) is 1. The summed E-state index contributed by atoms with van der Waals surface area (Å²) in [5.74, 6) is -1.39. The van der Waals surface area contributed by atoms with Crippen LogP contribution in [0.15, 0.2) is 24.3 Å². The van der Waals surface area contributed by atoms with Crippen LogP contribution < -0.4 is 4.74 Å². The lowest BCUT2D eigenvalue weighted by atomic mass is 10.1. The van der Waals surface area contributed by atoms with E-state index in [1.807, 2.05) is 0 Å². The number of hydrogen-bond acceptors (Lipinski definition) is 4. The second kappa shape index (κ2) is 6.03. The van der Waals surface area contributed by atoms with E-state index in [-0.39, 0.29) is 12.2 Å². The molecule has 0 aliphatic rings. The van der Waals surface area contributed by atoms with Crippen LogP contribution in [0.5, 0.6) is 5.75 Å². The molecule has 1 rings (SSSR count). The molecule has 0 amide bonds. The van der Waals surface area contributed by atoms with Gasteiger partial charge in [-0.05, 0) is 6.07 Å². The quantitative estimate of drug-likeness (QED) is 0.770. The predicted octanol–water partition coefficient (Wildman–Crippen LogP) is 1.56. The molecule has 1 aromatic rings. The SMILES string of the molecule is CC(C)C(Oc1ccccc1CC(=O)O)S(=O)(=O)O. The van der Waals surface area contributed by atoms with Crippen LogP contribution in [-0.2, 0) is 21.3 Å². The van der Waals surface area contributed by atoms with Gasteiger partial charge in [0, 0.05) is 11.5 Å².